The van der Waals surface area contributed by atoms with E-state index in [1.54, 1.807) is 20.8 Å². The molecule has 0 aromatic rings. The van der Waals surface area contributed by atoms with Gasteiger partial charge < -0.3 is 15.2 Å². The summed E-state index contributed by atoms with van der Waals surface area (Å²) in [6.07, 6.45) is -0.482. The van der Waals surface area contributed by atoms with Gasteiger partial charge in [0.25, 0.3) is 0 Å². The van der Waals surface area contributed by atoms with Gasteiger partial charge in [0, 0.05) is 6.92 Å². The average Bonchev–Trinajstić information content (AvgIpc) is 2.24. The first-order valence-electron chi connectivity index (χ1n) is 5.95. The number of hydrogen-bond acceptors (Lipinski definition) is 4. The van der Waals surface area contributed by atoms with Crippen molar-refractivity contribution in [3.63, 3.8) is 0 Å². The lowest BCUT2D eigenvalue weighted by Crippen LogP contribution is -2.51. The molecule has 0 rings (SSSR count). The SMILES string of the molecule is CCC(C)OC(=O)[C@@H](NC(C)=O)[C@H](O)C(C)C. The van der Waals surface area contributed by atoms with Crippen LogP contribution in [0.15, 0.2) is 0 Å². The Hall–Kier alpha value is -1.10. The summed E-state index contributed by atoms with van der Waals surface area (Å²) in [5.74, 6) is -1.09. The minimum atomic E-state index is -0.999. The van der Waals surface area contributed by atoms with Gasteiger partial charge in [-0.25, -0.2) is 4.79 Å². The zero-order chi connectivity index (χ0) is 13.6. The zero-order valence-electron chi connectivity index (χ0n) is 11.2. The fourth-order valence-corrected chi connectivity index (χ4v) is 1.24. The van der Waals surface area contributed by atoms with E-state index < -0.39 is 18.1 Å². The maximum atomic E-state index is 11.8. The van der Waals surface area contributed by atoms with Crippen LogP contribution >= 0.6 is 0 Å². The smallest absolute Gasteiger partial charge is 0.331 e. The highest BCUT2D eigenvalue weighted by atomic mass is 16.5. The summed E-state index contributed by atoms with van der Waals surface area (Å²) >= 11 is 0. The van der Waals surface area contributed by atoms with Crippen LogP contribution in [0, 0.1) is 5.92 Å². The quantitative estimate of drug-likeness (QED) is 0.680. The van der Waals surface area contributed by atoms with E-state index in [1.165, 1.54) is 6.92 Å². The second-order valence-corrected chi connectivity index (χ2v) is 4.57. The van der Waals surface area contributed by atoms with Gasteiger partial charge in [-0.3, -0.25) is 4.79 Å². The summed E-state index contributed by atoms with van der Waals surface area (Å²) in [5.41, 5.74) is 0. The molecule has 0 radical (unpaired) electrons. The maximum Gasteiger partial charge on any atom is 0.331 e. The van der Waals surface area contributed by atoms with Crippen molar-refractivity contribution in [2.24, 2.45) is 5.92 Å². The van der Waals surface area contributed by atoms with Crippen LogP contribution in [-0.2, 0) is 14.3 Å². The predicted molar refractivity (Wildman–Crippen MR) is 64.3 cm³/mol. The van der Waals surface area contributed by atoms with E-state index in [2.05, 4.69) is 5.32 Å². The van der Waals surface area contributed by atoms with Crippen LogP contribution in [0.5, 0.6) is 0 Å². The first-order chi connectivity index (χ1) is 7.79. The maximum absolute atomic E-state index is 11.8. The Labute approximate surface area is 103 Å². The molecule has 0 bridgehead atoms. The fraction of sp³-hybridized carbons (Fsp3) is 0.833. The molecule has 0 spiro atoms. The van der Waals surface area contributed by atoms with Gasteiger partial charge in [0.15, 0.2) is 6.04 Å². The van der Waals surface area contributed by atoms with Crippen LogP contribution in [0.3, 0.4) is 0 Å². The lowest BCUT2D eigenvalue weighted by molar-refractivity contribution is -0.156. The molecule has 1 amide bonds. The molecule has 0 heterocycles. The molecule has 1 unspecified atom stereocenters. The molecule has 0 aromatic carbocycles. The lowest BCUT2D eigenvalue weighted by Gasteiger charge is -2.25. The third-order valence-electron chi connectivity index (χ3n) is 2.53. The molecule has 2 N–H and O–H groups in total. The normalized spacial score (nSPS) is 16.2. The molecule has 5 heteroatoms. The third-order valence-corrected chi connectivity index (χ3v) is 2.53. The average molecular weight is 245 g/mol. The summed E-state index contributed by atoms with van der Waals surface area (Å²) < 4.78 is 5.12. The highest BCUT2D eigenvalue weighted by molar-refractivity contribution is 5.83. The van der Waals surface area contributed by atoms with Gasteiger partial charge in [0.1, 0.15) is 0 Å². The highest BCUT2D eigenvalue weighted by Gasteiger charge is 2.31. The van der Waals surface area contributed by atoms with Crippen LogP contribution < -0.4 is 5.32 Å². The van der Waals surface area contributed by atoms with Crippen molar-refractivity contribution >= 4 is 11.9 Å². The first kappa shape index (κ1) is 15.9. The van der Waals surface area contributed by atoms with Gasteiger partial charge in [-0.1, -0.05) is 20.8 Å². The van der Waals surface area contributed by atoms with Crippen LogP contribution in [0.4, 0.5) is 0 Å². The van der Waals surface area contributed by atoms with Crippen LogP contribution in [0.2, 0.25) is 0 Å². The minimum Gasteiger partial charge on any atom is -0.461 e. The van der Waals surface area contributed by atoms with E-state index >= 15 is 0 Å². The van der Waals surface area contributed by atoms with Crippen molar-refractivity contribution in [1.29, 1.82) is 0 Å². The van der Waals surface area contributed by atoms with Crippen molar-refractivity contribution in [3.05, 3.63) is 0 Å². The summed E-state index contributed by atoms with van der Waals surface area (Å²) in [7, 11) is 0. The number of carbonyl (C=O) groups is 2. The van der Waals surface area contributed by atoms with E-state index in [4.69, 9.17) is 4.74 Å². The Bertz CT molecular complexity index is 265. The van der Waals surface area contributed by atoms with Crippen LogP contribution in [0.1, 0.15) is 41.0 Å². The van der Waals surface area contributed by atoms with Crippen LogP contribution in [-0.4, -0.2) is 35.2 Å². The molecular formula is C12H23NO4. The predicted octanol–water partition coefficient (Wildman–Crippen LogP) is 0.850. The molecule has 0 fully saturated rings. The molecule has 0 saturated carbocycles. The Morgan fingerprint density at radius 3 is 2.18 bits per heavy atom. The van der Waals surface area contributed by atoms with Crippen molar-refractivity contribution in [3.8, 4) is 0 Å². The number of aliphatic hydroxyl groups is 1. The highest BCUT2D eigenvalue weighted by Crippen LogP contribution is 2.10. The van der Waals surface area contributed by atoms with Gasteiger partial charge in [-0.05, 0) is 19.3 Å². The van der Waals surface area contributed by atoms with E-state index in [-0.39, 0.29) is 17.9 Å². The molecule has 0 saturated heterocycles. The second kappa shape index (κ2) is 7.27. The monoisotopic (exact) mass is 245 g/mol. The standard InChI is InChI=1S/C12H23NO4/c1-6-8(4)17-12(16)10(13-9(5)14)11(15)7(2)3/h7-8,10-11,15H,6H2,1-5H3,(H,13,14)/t8?,10-,11+/m0/s1. The van der Waals surface area contributed by atoms with E-state index in [0.717, 1.165) is 0 Å². The van der Waals surface area contributed by atoms with Crippen molar-refractivity contribution in [2.45, 2.75) is 59.3 Å². The number of hydrogen-bond donors (Lipinski definition) is 2. The van der Waals surface area contributed by atoms with Gasteiger partial charge in [0.05, 0.1) is 12.2 Å². The molecule has 0 aromatic heterocycles. The third kappa shape index (κ3) is 5.68. The number of ether oxygens (including phenoxy) is 1. The topological polar surface area (TPSA) is 75.6 Å². The number of amides is 1. The zero-order valence-corrected chi connectivity index (χ0v) is 11.2. The second-order valence-electron chi connectivity index (χ2n) is 4.57. The molecule has 3 atom stereocenters. The first-order valence-corrected chi connectivity index (χ1v) is 5.95. The lowest BCUT2D eigenvalue weighted by atomic mass is 9.99. The Morgan fingerprint density at radius 1 is 1.29 bits per heavy atom. The molecular weight excluding hydrogens is 222 g/mol. The summed E-state index contributed by atoms with van der Waals surface area (Å²) in [6.45, 7) is 8.51. The molecule has 0 aliphatic rings. The summed E-state index contributed by atoms with van der Waals surface area (Å²) in [6, 6.07) is -0.999. The van der Waals surface area contributed by atoms with Gasteiger partial charge in [-0.15, -0.1) is 0 Å². The Kier molecular flexibility index (Phi) is 6.80. The number of carbonyl (C=O) groups excluding carboxylic acids is 2. The van der Waals surface area contributed by atoms with Gasteiger partial charge in [-0.2, -0.15) is 0 Å². The van der Waals surface area contributed by atoms with Gasteiger partial charge in [0.2, 0.25) is 5.91 Å². The molecule has 0 aliphatic heterocycles. The van der Waals surface area contributed by atoms with Crippen LogP contribution in [0.25, 0.3) is 0 Å². The minimum absolute atomic E-state index is 0.142. The number of rotatable bonds is 6. The van der Waals surface area contributed by atoms with Crippen molar-refractivity contribution in [2.75, 3.05) is 0 Å². The summed E-state index contributed by atoms with van der Waals surface area (Å²) in [5, 5.41) is 12.3. The molecule has 5 nitrogen and oxygen atoms in total. The number of aliphatic hydroxyl groups excluding tert-OH is 1. The summed E-state index contributed by atoms with van der Waals surface area (Å²) in [4.78, 5) is 22.8. The van der Waals surface area contributed by atoms with E-state index in [1.807, 2.05) is 6.92 Å². The molecule has 100 valence electrons. The van der Waals surface area contributed by atoms with Crippen molar-refractivity contribution in [1.82, 2.24) is 5.32 Å². The Balaban J connectivity index is 4.67. The van der Waals surface area contributed by atoms with Crippen molar-refractivity contribution < 1.29 is 19.4 Å². The molecule has 0 aliphatic carbocycles. The van der Waals surface area contributed by atoms with E-state index in [9.17, 15) is 14.7 Å². The molecule has 17 heavy (non-hydrogen) atoms. The van der Waals surface area contributed by atoms with E-state index in [0.29, 0.717) is 6.42 Å². The number of esters is 1. The fourth-order valence-electron chi connectivity index (χ4n) is 1.24. The largest absolute Gasteiger partial charge is 0.461 e. The van der Waals surface area contributed by atoms with Gasteiger partial charge >= 0.3 is 5.97 Å². The Morgan fingerprint density at radius 2 is 1.82 bits per heavy atom. The number of nitrogens with one attached hydrogen (secondary N) is 1.